The Kier molecular flexibility index (Phi) is 3.94. The number of nitrogens with one attached hydrogen (secondary N) is 1. The number of ether oxygens (including phenoxy) is 1. The summed E-state index contributed by atoms with van der Waals surface area (Å²) in [6.07, 6.45) is 2.59. The molecular weight excluding hydrogens is 246 g/mol. The third-order valence-corrected chi connectivity index (χ3v) is 2.86. The van der Waals surface area contributed by atoms with E-state index >= 15 is 0 Å². The number of hydrogen-bond acceptors (Lipinski definition) is 4. The number of primary amides is 1. The Morgan fingerprint density at radius 2 is 2.05 bits per heavy atom. The highest BCUT2D eigenvalue weighted by molar-refractivity contribution is 5.98. The smallest absolute Gasteiger partial charge is 0.339 e. The van der Waals surface area contributed by atoms with Gasteiger partial charge in [-0.2, -0.15) is 5.06 Å². The molecule has 0 spiro atoms. The van der Waals surface area contributed by atoms with E-state index in [0.29, 0.717) is 11.7 Å². The molecule has 1 unspecified atom stereocenters. The number of hydrogen-bond donors (Lipinski definition) is 3. The number of carbonyl (C=O) groups excluding carboxylic acids is 1. The van der Waals surface area contributed by atoms with Crippen LogP contribution in [0.15, 0.2) is 42.5 Å². The van der Waals surface area contributed by atoms with Crippen LogP contribution in [0.5, 0.6) is 0 Å². The van der Waals surface area contributed by atoms with Crippen molar-refractivity contribution in [2.24, 2.45) is 5.73 Å². The summed E-state index contributed by atoms with van der Waals surface area (Å²) in [5, 5.41) is 17.6. The number of nitrogens with zero attached hydrogens (tertiary/aromatic N) is 1. The average molecular weight is 261 g/mol. The van der Waals surface area contributed by atoms with Crippen molar-refractivity contribution in [2.45, 2.75) is 18.8 Å². The molecule has 0 aliphatic heterocycles. The van der Waals surface area contributed by atoms with Crippen LogP contribution in [0.2, 0.25) is 0 Å². The van der Waals surface area contributed by atoms with Gasteiger partial charge in [-0.15, -0.1) is 0 Å². The predicted molar refractivity (Wildman–Crippen MR) is 68.9 cm³/mol. The van der Waals surface area contributed by atoms with Crippen molar-refractivity contribution in [1.82, 2.24) is 5.06 Å². The number of amides is 2. The van der Waals surface area contributed by atoms with E-state index in [-0.39, 0.29) is 5.71 Å². The Balaban J connectivity index is 1.92. The van der Waals surface area contributed by atoms with Crippen molar-refractivity contribution in [3.8, 4) is 0 Å². The summed E-state index contributed by atoms with van der Waals surface area (Å²) >= 11 is 0. The molecule has 1 aliphatic carbocycles. The maximum atomic E-state index is 10.8. The van der Waals surface area contributed by atoms with Gasteiger partial charge in [0.15, 0.2) is 0 Å². The molecule has 0 heterocycles. The molecule has 0 saturated heterocycles. The Labute approximate surface area is 110 Å². The Bertz CT molecular complexity index is 501. The van der Waals surface area contributed by atoms with E-state index in [1.165, 1.54) is 6.08 Å². The zero-order chi connectivity index (χ0) is 13.8. The minimum atomic E-state index is -0.997. The van der Waals surface area contributed by atoms with Crippen LogP contribution in [0.25, 0.3) is 0 Å². The van der Waals surface area contributed by atoms with Crippen LogP contribution in [-0.4, -0.2) is 34.2 Å². The summed E-state index contributed by atoms with van der Waals surface area (Å²) in [6, 6.07) is 7.71. The molecule has 4 N–H and O–H groups in total. The van der Waals surface area contributed by atoms with Gasteiger partial charge in [-0.25, -0.2) is 4.79 Å². The van der Waals surface area contributed by atoms with Gasteiger partial charge in [0, 0.05) is 0 Å². The van der Waals surface area contributed by atoms with Gasteiger partial charge in [0.1, 0.15) is 12.1 Å². The van der Waals surface area contributed by atoms with Crippen LogP contribution >= 0.6 is 0 Å². The topological polar surface area (TPSA) is 99.6 Å². The normalized spacial score (nSPS) is 21.6. The molecule has 19 heavy (non-hydrogen) atoms. The fourth-order valence-electron chi connectivity index (χ4n) is 1.84. The molecule has 6 heteroatoms. The molecule has 1 aromatic carbocycles. The highest BCUT2D eigenvalue weighted by Gasteiger charge is 2.32. The van der Waals surface area contributed by atoms with Crippen LogP contribution in [0.1, 0.15) is 5.56 Å². The molecule has 0 aromatic heterocycles. The molecule has 2 amide bonds. The van der Waals surface area contributed by atoms with Gasteiger partial charge >= 0.3 is 6.03 Å². The van der Waals surface area contributed by atoms with Crippen molar-refractivity contribution >= 4 is 11.7 Å². The summed E-state index contributed by atoms with van der Waals surface area (Å²) < 4.78 is 5.56. The van der Waals surface area contributed by atoms with Gasteiger partial charge in [0.25, 0.3) is 0 Å². The first-order chi connectivity index (χ1) is 9.09. The van der Waals surface area contributed by atoms with Crippen molar-refractivity contribution in [3.05, 3.63) is 48.0 Å². The lowest BCUT2D eigenvalue weighted by atomic mass is 10.2. The van der Waals surface area contributed by atoms with E-state index in [9.17, 15) is 10.0 Å². The van der Waals surface area contributed by atoms with Crippen molar-refractivity contribution in [3.63, 3.8) is 0 Å². The third-order valence-electron chi connectivity index (χ3n) is 2.86. The summed E-state index contributed by atoms with van der Waals surface area (Å²) in [5.74, 6) is 0. The van der Waals surface area contributed by atoms with Gasteiger partial charge in [-0.05, 0) is 5.56 Å². The summed E-state index contributed by atoms with van der Waals surface area (Å²) in [6.45, 7) is 0.354. The zero-order valence-electron chi connectivity index (χ0n) is 10.2. The van der Waals surface area contributed by atoms with Crippen molar-refractivity contribution in [1.29, 1.82) is 5.41 Å². The molecule has 1 aromatic rings. The van der Waals surface area contributed by atoms with Crippen LogP contribution < -0.4 is 5.73 Å². The molecule has 0 saturated carbocycles. The quantitative estimate of drug-likeness (QED) is 0.432. The fourth-order valence-corrected chi connectivity index (χ4v) is 1.84. The lowest BCUT2D eigenvalue weighted by Gasteiger charge is -2.20. The summed E-state index contributed by atoms with van der Waals surface area (Å²) in [4.78, 5) is 10.8. The molecule has 2 atom stereocenters. The van der Waals surface area contributed by atoms with E-state index in [2.05, 4.69) is 0 Å². The molecule has 2 rings (SSSR count). The number of nitrogens with two attached hydrogens (primary N) is 1. The minimum absolute atomic E-state index is 0.0808. The van der Waals surface area contributed by atoms with Gasteiger partial charge in [0.2, 0.25) is 0 Å². The Morgan fingerprint density at radius 3 is 2.68 bits per heavy atom. The SMILES string of the molecule is N=C1C(OCc2ccccc2)C=C[C@H]1N(O)C(N)=O. The number of carbonyl (C=O) groups is 1. The van der Waals surface area contributed by atoms with E-state index < -0.39 is 18.2 Å². The molecule has 0 radical (unpaired) electrons. The summed E-state index contributed by atoms with van der Waals surface area (Å²) in [5.41, 5.74) is 6.02. The molecule has 0 bridgehead atoms. The van der Waals surface area contributed by atoms with Crippen LogP contribution in [-0.2, 0) is 11.3 Å². The van der Waals surface area contributed by atoms with E-state index in [4.69, 9.17) is 15.9 Å². The highest BCUT2D eigenvalue weighted by Crippen LogP contribution is 2.16. The Morgan fingerprint density at radius 1 is 1.37 bits per heavy atom. The molecular formula is C13H15N3O3. The van der Waals surface area contributed by atoms with Crippen molar-refractivity contribution < 1.29 is 14.7 Å². The second kappa shape index (κ2) is 5.64. The first kappa shape index (κ1) is 13.3. The molecule has 100 valence electrons. The van der Waals surface area contributed by atoms with E-state index in [1.807, 2.05) is 30.3 Å². The average Bonchev–Trinajstić information content (AvgIpc) is 2.78. The minimum Gasteiger partial charge on any atom is -0.363 e. The lowest BCUT2D eigenvalue weighted by Crippen LogP contribution is -2.45. The first-order valence-electron chi connectivity index (χ1n) is 5.79. The maximum absolute atomic E-state index is 10.8. The van der Waals surface area contributed by atoms with Crippen LogP contribution in [0.3, 0.4) is 0 Å². The van der Waals surface area contributed by atoms with Gasteiger partial charge in [-0.1, -0.05) is 42.5 Å². The second-order valence-corrected chi connectivity index (χ2v) is 4.19. The van der Waals surface area contributed by atoms with Gasteiger partial charge in [-0.3, -0.25) is 5.21 Å². The highest BCUT2D eigenvalue weighted by atomic mass is 16.5. The molecule has 1 aliphatic rings. The molecule has 6 nitrogen and oxygen atoms in total. The maximum Gasteiger partial charge on any atom is 0.339 e. The van der Waals surface area contributed by atoms with Gasteiger partial charge in [0.05, 0.1) is 12.3 Å². The Hall–Kier alpha value is -2.18. The number of rotatable bonds is 4. The van der Waals surface area contributed by atoms with Crippen LogP contribution in [0.4, 0.5) is 4.79 Å². The van der Waals surface area contributed by atoms with Crippen LogP contribution in [0, 0.1) is 5.41 Å². The molecule has 0 fully saturated rings. The van der Waals surface area contributed by atoms with Gasteiger partial charge < -0.3 is 15.9 Å². The monoisotopic (exact) mass is 261 g/mol. The standard InChI is InChI=1S/C13H15N3O3/c14-12-10(16(18)13(15)17)6-7-11(12)19-8-9-4-2-1-3-5-9/h1-7,10-11,14,18H,8H2,(H2,15,17)/t10-,11?/m1/s1. The number of urea groups is 1. The van der Waals surface area contributed by atoms with E-state index in [0.717, 1.165) is 5.56 Å². The number of benzene rings is 1. The zero-order valence-corrected chi connectivity index (χ0v) is 10.2. The first-order valence-corrected chi connectivity index (χ1v) is 5.79. The largest absolute Gasteiger partial charge is 0.363 e. The number of hydroxylamine groups is 2. The van der Waals surface area contributed by atoms with Crippen molar-refractivity contribution in [2.75, 3.05) is 0 Å². The summed E-state index contributed by atoms with van der Waals surface area (Å²) in [7, 11) is 0. The second-order valence-electron chi connectivity index (χ2n) is 4.19. The fraction of sp³-hybridized carbons (Fsp3) is 0.231. The third kappa shape index (κ3) is 2.98. The van der Waals surface area contributed by atoms with E-state index in [1.54, 1.807) is 6.08 Å². The predicted octanol–water partition coefficient (Wildman–Crippen LogP) is 1.30. The lowest BCUT2D eigenvalue weighted by molar-refractivity contribution is -0.0448.